The molecule has 0 bridgehead atoms. The molecule has 2 rings (SSSR count). The number of pyridine rings is 1. The molecule has 0 spiro atoms. The Morgan fingerprint density at radius 2 is 1.61 bits per heavy atom. The van der Waals surface area contributed by atoms with Crippen molar-refractivity contribution in [2.24, 2.45) is 0 Å². The summed E-state index contributed by atoms with van der Waals surface area (Å²) in [7, 11) is 0. The van der Waals surface area contributed by atoms with Crippen LogP contribution in [0.3, 0.4) is 0 Å². The molecule has 2 aromatic rings. The third-order valence-electron chi connectivity index (χ3n) is 2.42. The Morgan fingerprint density at radius 1 is 1.00 bits per heavy atom. The van der Waals surface area contributed by atoms with Gasteiger partial charge in [-0.15, -0.1) is 0 Å². The Kier molecular flexibility index (Phi) is 3.29. The van der Waals surface area contributed by atoms with E-state index in [2.05, 4.69) is 4.98 Å². The molecule has 94 valence electrons. The fourth-order valence-electron chi connectivity index (χ4n) is 1.52. The first kappa shape index (κ1) is 12.5. The molecule has 0 aliphatic carbocycles. The third-order valence-corrected chi connectivity index (χ3v) is 2.42. The van der Waals surface area contributed by atoms with E-state index in [-0.39, 0.29) is 11.1 Å². The first-order valence-electron chi connectivity index (χ1n) is 4.92. The second-order valence-corrected chi connectivity index (χ2v) is 3.60. The van der Waals surface area contributed by atoms with Crippen LogP contribution >= 0.6 is 0 Å². The van der Waals surface area contributed by atoms with Gasteiger partial charge >= 0.3 is 0 Å². The van der Waals surface area contributed by atoms with Gasteiger partial charge in [0.05, 0.1) is 6.20 Å². The predicted octanol–water partition coefficient (Wildman–Crippen LogP) is 2.72. The monoisotopic (exact) mass is 257 g/mol. The molecule has 1 heterocycles. The SMILES string of the molecule is OC(c1cc(F)c(F)c(F)c1)c1ccncc1F. The summed E-state index contributed by atoms with van der Waals surface area (Å²) >= 11 is 0. The topological polar surface area (TPSA) is 33.1 Å². The van der Waals surface area contributed by atoms with Crippen molar-refractivity contribution in [2.75, 3.05) is 0 Å². The van der Waals surface area contributed by atoms with Gasteiger partial charge in [0.25, 0.3) is 0 Å². The number of rotatable bonds is 2. The number of hydrogen-bond acceptors (Lipinski definition) is 2. The molecule has 6 heteroatoms. The Labute approximate surface area is 99.5 Å². The molecule has 0 saturated carbocycles. The zero-order valence-corrected chi connectivity index (χ0v) is 8.87. The van der Waals surface area contributed by atoms with Gasteiger partial charge < -0.3 is 5.11 Å². The van der Waals surface area contributed by atoms with Gasteiger partial charge in [-0.2, -0.15) is 0 Å². The molecule has 1 aromatic heterocycles. The number of benzene rings is 1. The highest BCUT2D eigenvalue weighted by molar-refractivity contribution is 5.30. The summed E-state index contributed by atoms with van der Waals surface area (Å²) in [6, 6.07) is 2.39. The van der Waals surface area contributed by atoms with E-state index in [1.54, 1.807) is 0 Å². The predicted molar refractivity (Wildman–Crippen MR) is 54.6 cm³/mol. The molecule has 0 saturated heterocycles. The molecular formula is C12H7F4NO. The highest BCUT2D eigenvalue weighted by Gasteiger charge is 2.19. The molecule has 1 unspecified atom stereocenters. The van der Waals surface area contributed by atoms with E-state index in [1.165, 1.54) is 12.3 Å². The second-order valence-electron chi connectivity index (χ2n) is 3.60. The maximum atomic E-state index is 13.3. The van der Waals surface area contributed by atoms with Crippen molar-refractivity contribution in [3.05, 3.63) is 65.0 Å². The Bertz CT molecular complexity index is 565. The first-order valence-corrected chi connectivity index (χ1v) is 4.92. The minimum atomic E-state index is -1.64. The lowest BCUT2D eigenvalue weighted by Crippen LogP contribution is -2.05. The Morgan fingerprint density at radius 3 is 2.17 bits per heavy atom. The van der Waals surface area contributed by atoms with Crippen LogP contribution in [-0.2, 0) is 0 Å². The number of halogens is 4. The molecule has 1 atom stereocenters. The molecule has 0 fully saturated rings. The van der Waals surface area contributed by atoms with Crippen LogP contribution < -0.4 is 0 Å². The maximum Gasteiger partial charge on any atom is 0.194 e. The zero-order valence-electron chi connectivity index (χ0n) is 8.87. The molecule has 0 amide bonds. The summed E-state index contributed by atoms with van der Waals surface area (Å²) in [6.45, 7) is 0. The summed E-state index contributed by atoms with van der Waals surface area (Å²) in [5.41, 5.74) is -0.480. The fraction of sp³-hybridized carbons (Fsp3) is 0.0833. The lowest BCUT2D eigenvalue weighted by Gasteiger charge is -2.12. The largest absolute Gasteiger partial charge is 0.384 e. The molecule has 1 aromatic carbocycles. The van der Waals surface area contributed by atoms with Crippen molar-refractivity contribution in [3.8, 4) is 0 Å². The van der Waals surface area contributed by atoms with Crippen molar-refractivity contribution in [1.82, 2.24) is 4.98 Å². The van der Waals surface area contributed by atoms with Crippen molar-refractivity contribution in [3.63, 3.8) is 0 Å². The smallest absolute Gasteiger partial charge is 0.194 e. The van der Waals surface area contributed by atoms with Crippen molar-refractivity contribution in [1.29, 1.82) is 0 Å². The molecule has 0 aliphatic heterocycles. The highest BCUT2D eigenvalue weighted by atomic mass is 19.2. The molecule has 2 nitrogen and oxygen atoms in total. The third kappa shape index (κ3) is 2.19. The lowest BCUT2D eigenvalue weighted by molar-refractivity contribution is 0.213. The van der Waals surface area contributed by atoms with Gasteiger partial charge in [0.2, 0.25) is 0 Å². The van der Waals surface area contributed by atoms with E-state index in [0.717, 1.165) is 6.20 Å². The summed E-state index contributed by atoms with van der Waals surface area (Å²) in [5, 5.41) is 9.79. The molecule has 1 N–H and O–H groups in total. The number of aliphatic hydroxyl groups excluding tert-OH is 1. The first-order chi connectivity index (χ1) is 8.50. The summed E-state index contributed by atoms with van der Waals surface area (Å²) in [5.74, 6) is -5.35. The number of hydrogen-bond donors (Lipinski definition) is 1. The summed E-state index contributed by atoms with van der Waals surface area (Å²) in [4.78, 5) is 3.48. The number of aliphatic hydroxyl groups is 1. The Balaban J connectivity index is 2.47. The van der Waals surface area contributed by atoms with Crippen molar-refractivity contribution < 1.29 is 22.7 Å². The summed E-state index contributed by atoms with van der Waals surface area (Å²) in [6.07, 6.45) is 0.477. The standard InChI is InChI=1S/C12H7F4NO/c13-8-3-6(4-9(14)11(8)16)12(18)7-1-2-17-5-10(7)15/h1-5,12,18H. The normalized spacial score (nSPS) is 12.5. The van der Waals surface area contributed by atoms with Crippen LogP contribution in [0.2, 0.25) is 0 Å². The van der Waals surface area contributed by atoms with Gasteiger partial charge in [0.15, 0.2) is 17.5 Å². The molecule has 0 aliphatic rings. The van der Waals surface area contributed by atoms with E-state index >= 15 is 0 Å². The fourth-order valence-corrected chi connectivity index (χ4v) is 1.52. The quantitative estimate of drug-likeness (QED) is 0.662. The van der Waals surface area contributed by atoms with E-state index < -0.39 is 29.4 Å². The van der Waals surface area contributed by atoms with E-state index in [1.807, 2.05) is 0 Å². The molecule has 18 heavy (non-hydrogen) atoms. The Hall–Kier alpha value is -1.95. The van der Waals surface area contributed by atoms with Gasteiger partial charge in [0.1, 0.15) is 11.9 Å². The zero-order chi connectivity index (χ0) is 13.3. The van der Waals surface area contributed by atoms with Crippen LogP contribution in [-0.4, -0.2) is 10.1 Å². The number of aromatic nitrogens is 1. The maximum absolute atomic E-state index is 13.3. The second kappa shape index (κ2) is 4.73. The van der Waals surface area contributed by atoms with Crippen LogP contribution in [0.25, 0.3) is 0 Å². The minimum absolute atomic E-state index is 0.199. The van der Waals surface area contributed by atoms with E-state index in [4.69, 9.17) is 0 Å². The van der Waals surface area contributed by atoms with Gasteiger partial charge in [-0.25, -0.2) is 17.6 Å². The summed E-state index contributed by atoms with van der Waals surface area (Å²) < 4.78 is 52.0. The van der Waals surface area contributed by atoms with Gasteiger partial charge in [-0.3, -0.25) is 4.98 Å². The van der Waals surface area contributed by atoms with Crippen LogP contribution in [0, 0.1) is 23.3 Å². The number of nitrogens with zero attached hydrogens (tertiary/aromatic N) is 1. The van der Waals surface area contributed by atoms with Crippen molar-refractivity contribution >= 4 is 0 Å². The lowest BCUT2D eigenvalue weighted by atomic mass is 10.0. The average Bonchev–Trinajstić information content (AvgIpc) is 2.35. The average molecular weight is 257 g/mol. The van der Waals surface area contributed by atoms with Gasteiger partial charge in [-0.1, -0.05) is 0 Å². The minimum Gasteiger partial charge on any atom is -0.384 e. The highest BCUT2D eigenvalue weighted by Crippen LogP contribution is 2.26. The van der Waals surface area contributed by atoms with Gasteiger partial charge in [-0.05, 0) is 23.8 Å². The van der Waals surface area contributed by atoms with Crippen molar-refractivity contribution in [2.45, 2.75) is 6.10 Å². The van der Waals surface area contributed by atoms with Crippen LogP contribution in [0.15, 0.2) is 30.6 Å². The molecular weight excluding hydrogens is 250 g/mol. The molecule has 0 radical (unpaired) electrons. The van der Waals surface area contributed by atoms with Crippen LogP contribution in [0.1, 0.15) is 17.2 Å². The van der Waals surface area contributed by atoms with Gasteiger partial charge in [0, 0.05) is 11.8 Å². The van der Waals surface area contributed by atoms with Crippen LogP contribution in [0.5, 0.6) is 0 Å². The van der Waals surface area contributed by atoms with E-state index in [9.17, 15) is 22.7 Å². The van der Waals surface area contributed by atoms with E-state index in [0.29, 0.717) is 12.1 Å². The van der Waals surface area contributed by atoms with Crippen LogP contribution in [0.4, 0.5) is 17.6 Å².